The molecular formula is C24H19FN2O4S. The number of hydrogen-bond acceptors (Lipinski definition) is 6. The Morgan fingerprint density at radius 1 is 1.19 bits per heavy atom. The average molecular weight is 450 g/mol. The number of fused-ring (bicyclic) bond motifs is 2. The Morgan fingerprint density at radius 3 is 2.72 bits per heavy atom. The van der Waals surface area contributed by atoms with Gasteiger partial charge in [-0.2, -0.15) is 0 Å². The van der Waals surface area contributed by atoms with E-state index in [2.05, 4.69) is 4.98 Å². The van der Waals surface area contributed by atoms with E-state index in [4.69, 9.17) is 9.15 Å². The Balaban J connectivity index is 1.80. The fraction of sp³-hybridized carbons (Fsp3) is 0.208. The minimum atomic E-state index is -0.772. The summed E-state index contributed by atoms with van der Waals surface area (Å²) in [6, 6.07) is 10.2. The number of nitrogens with zero attached hydrogens (tertiary/aromatic N) is 2. The number of anilines is 1. The monoisotopic (exact) mass is 450 g/mol. The summed E-state index contributed by atoms with van der Waals surface area (Å²) < 4.78 is 25.4. The second-order valence-electron chi connectivity index (χ2n) is 7.54. The molecule has 162 valence electrons. The van der Waals surface area contributed by atoms with Crippen LogP contribution in [0.2, 0.25) is 0 Å². The zero-order valence-corrected chi connectivity index (χ0v) is 18.5. The van der Waals surface area contributed by atoms with Gasteiger partial charge in [-0.3, -0.25) is 14.5 Å². The zero-order valence-electron chi connectivity index (χ0n) is 17.6. The molecule has 0 saturated heterocycles. The molecule has 0 bridgehead atoms. The van der Waals surface area contributed by atoms with Crippen molar-refractivity contribution in [3.05, 3.63) is 86.0 Å². The van der Waals surface area contributed by atoms with Gasteiger partial charge in [0.05, 0.1) is 29.3 Å². The Bertz CT molecular complexity index is 1420. The van der Waals surface area contributed by atoms with Crippen LogP contribution in [0.1, 0.15) is 45.2 Å². The van der Waals surface area contributed by atoms with Crippen molar-refractivity contribution < 1.29 is 18.3 Å². The summed E-state index contributed by atoms with van der Waals surface area (Å²) in [6.45, 7) is 6.15. The maximum absolute atomic E-state index is 13.9. The normalized spacial score (nSPS) is 15.4. The van der Waals surface area contributed by atoms with Crippen LogP contribution in [0, 0.1) is 19.7 Å². The van der Waals surface area contributed by atoms with Crippen LogP contribution < -0.4 is 15.1 Å². The molecule has 1 unspecified atom stereocenters. The maximum atomic E-state index is 13.9. The van der Waals surface area contributed by atoms with Gasteiger partial charge in [0.1, 0.15) is 17.1 Å². The van der Waals surface area contributed by atoms with Crippen LogP contribution in [0.4, 0.5) is 9.52 Å². The molecule has 1 amide bonds. The number of amides is 1. The highest BCUT2D eigenvalue weighted by molar-refractivity contribution is 7.15. The highest BCUT2D eigenvalue weighted by Crippen LogP contribution is 2.43. The SMILES string of the molecule is CCOc1cccc(C2c3c(oc4ccc(F)cc4c3=O)C(=O)N2c2nc(C)c(C)s2)c1. The highest BCUT2D eigenvalue weighted by atomic mass is 32.1. The first kappa shape index (κ1) is 20.4. The second-order valence-corrected chi connectivity index (χ2v) is 8.72. The van der Waals surface area contributed by atoms with Crippen LogP contribution in [-0.2, 0) is 0 Å². The number of benzene rings is 2. The Morgan fingerprint density at radius 2 is 2.00 bits per heavy atom. The first-order chi connectivity index (χ1) is 15.4. The lowest BCUT2D eigenvalue weighted by Crippen LogP contribution is -2.29. The molecule has 4 aromatic rings. The first-order valence-electron chi connectivity index (χ1n) is 10.2. The maximum Gasteiger partial charge on any atom is 0.297 e. The van der Waals surface area contributed by atoms with Crippen LogP contribution in [0.15, 0.2) is 51.7 Å². The van der Waals surface area contributed by atoms with E-state index in [1.165, 1.54) is 28.4 Å². The molecule has 8 heteroatoms. The third-order valence-corrected chi connectivity index (χ3v) is 6.61. The largest absolute Gasteiger partial charge is 0.494 e. The van der Waals surface area contributed by atoms with Gasteiger partial charge in [0, 0.05) is 4.88 Å². The van der Waals surface area contributed by atoms with Crippen molar-refractivity contribution in [2.45, 2.75) is 26.8 Å². The molecule has 1 atom stereocenters. The summed E-state index contributed by atoms with van der Waals surface area (Å²) in [6.07, 6.45) is 0. The lowest BCUT2D eigenvalue weighted by atomic mass is 9.98. The van der Waals surface area contributed by atoms with Gasteiger partial charge in [0.25, 0.3) is 5.91 Å². The van der Waals surface area contributed by atoms with Gasteiger partial charge in [-0.05, 0) is 56.7 Å². The van der Waals surface area contributed by atoms with E-state index in [0.29, 0.717) is 23.1 Å². The third kappa shape index (κ3) is 3.10. The lowest BCUT2D eigenvalue weighted by molar-refractivity contribution is 0.0971. The third-order valence-electron chi connectivity index (χ3n) is 5.54. The molecule has 5 rings (SSSR count). The Hall–Kier alpha value is -3.52. The molecule has 1 aliphatic heterocycles. The standard InChI is InChI=1S/C24H19FN2O4S/c1-4-30-16-7-5-6-14(10-16)20-19-21(28)17-11-15(25)8-9-18(17)31-22(19)23(29)27(20)24-26-12(2)13(3)32-24/h5-11,20H,4H2,1-3H3. The summed E-state index contributed by atoms with van der Waals surface area (Å²) in [5, 5.41) is 0.564. The van der Waals surface area contributed by atoms with Crippen LogP contribution in [-0.4, -0.2) is 17.5 Å². The average Bonchev–Trinajstić information content (AvgIpc) is 3.25. The van der Waals surface area contributed by atoms with Crippen molar-refractivity contribution in [3.8, 4) is 5.75 Å². The number of carbonyl (C=O) groups is 1. The minimum absolute atomic E-state index is 0.0496. The summed E-state index contributed by atoms with van der Waals surface area (Å²) in [4.78, 5) is 34.1. The molecule has 6 nitrogen and oxygen atoms in total. The molecule has 0 saturated carbocycles. The van der Waals surface area contributed by atoms with Gasteiger partial charge in [0.15, 0.2) is 10.6 Å². The lowest BCUT2D eigenvalue weighted by Gasteiger charge is -2.23. The van der Waals surface area contributed by atoms with E-state index in [-0.39, 0.29) is 22.3 Å². The molecule has 0 spiro atoms. The molecule has 0 fully saturated rings. The Kier molecular flexibility index (Phi) is 4.82. The summed E-state index contributed by atoms with van der Waals surface area (Å²) in [5.74, 6) is -0.434. The topological polar surface area (TPSA) is 72.6 Å². The van der Waals surface area contributed by atoms with E-state index < -0.39 is 23.2 Å². The Labute approximate surface area is 186 Å². The van der Waals surface area contributed by atoms with Gasteiger partial charge in [-0.1, -0.05) is 12.1 Å². The number of thiazole rings is 1. The molecular weight excluding hydrogens is 431 g/mol. The quantitative estimate of drug-likeness (QED) is 0.430. The van der Waals surface area contributed by atoms with Crippen molar-refractivity contribution in [2.24, 2.45) is 0 Å². The molecule has 32 heavy (non-hydrogen) atoms. The van der Waals surface area contributed by atoms with Gasteiger partial charge in [0.2, 0.25) is 5.76 Å². The van der Waals surface area contributed by atoms with E-state index in [9.17, 15) is 14.0 Å². The van der Waals surface area contributed by atoms with Gasteiger partial charge in [-0.25, -0.2) is 9.37 Å². The smallest absolute Gasteiger partial charge is 0.297 e. The van der Waals surface area contributed by atoms with Gasteiger partial charge in [-0.15, -0.1) is 11.3 Å². The molecule has 0 N–H and O–H groups in total. The summed E-state index contributed by atoms with van der Waals surface area (Å²) in [5.41, 5.74) is 1.39. The number of ether oxygens (including phenoxy) is 1. The van der Waals surface area contributed by atoms with Crippen molar-refractivity contribution in [1.29, 1.82) is 0 Å². The molecule has 2 aromatic heterocycles. The van der Waals surface area contributed by atoms with Crippen LogP contribution in [0.25, 0.3) is 11.0 Å². The number of halogens is 1. The van der Waals surface area contributed by atoms with Crippen molar-refractivity contribution in [3.63, 3.8) is 0 Å². The fourth-order valence-corrected chi connectivity index (χ4v) is 4.89. The number of rotatable bonds is 4. The van der Waals surface area contributed by atoms with Crippen LogP contribution >= 0.6 is 11.3 Å². The van der Waals surface area contributed by atoms with E-state index in [1.54, 1.807) is 6.07 Å². The van der Waals surface area contributed by atoms with Crippen LogP contribution in [0.5, 0.6) is 5.75 Å². The van der Waals surface area contributed by atoms with Crippen molar-refractivity contribution in [1.82, 2.24) is 4.98 Å². The number of carbonyl (C=O) groups excluding carboxylic acids is 1. The molecule has 3 heterocycles. The predicted octanol–water partition coefficient (Wildman–Crippen LogP) is 5.15. The van der Waals surface area contributed by atoms with E-state index in [0.717, 1.165) is 16.6 Å². The van der Waals surface area contributed by atoms with Gasteiger partial charge < -0.3 is 9.15 Å². The fourth-order valence-electron chi connectivity index (χ4n) is 3.96. The minimum Gasteiger partial charge on any atom is -0.494 e. The summed E-state index contributed by atoms with van der Waals surface area (Å²) >= 11 is 1.37. The molecule has 0 aliphatic carbocycles. The molecule has 0 radical (unpaired) electrons. The number of hydrogen-bond donors (Lipinski definition) is 0. The van der Waals surface area contributed by atoms with Crippen molar-refractivity contribution >= 4 is 33.3 Å². The number of aromatic nitrogens is 1. The molecule has 1 aliphatic rings. The summed E-state index contributed by atoms with van der Waals surface area (Å²) in [7, 11) is 0. The van der Waals surface area contributed by atoms with E-state index in [1.807, 2.05) is 39.0 Å². The second kappa shape index (κ2) is 7.56. The first-order valence-corrected chi connectivity index (χ1v) is 11.0. The number of aryl methyl sites for hydroxylation is 2. The molecule has 2 aromatic carbocycles. The van der Waals surface area contributed by atoms with Crippen molar-refractivity contribution in [2.75, 3.05) is 11.5 Å². The van der Waals surface area contributed by atoms with E-state index >= 15 is 0 Å². The van der Waals surface area contributed by atoms with Gasteiger partial charge >= 0.3 is 0 Å². The highest BCUT2D eigenvalue weighted by Gasteiger charge is 2.45. The zero-order chi connectivity index (χ0) is 22.6. The predicted molar refractivity (Wildman–Crippen MR) is 120 cm³/mol. The van der Waals surface area contributed by atoms with Crippen LogP contribution in [0.3, 0.4) is 0 Å².